The maximum Gasteiger partial charge on any atom is 0.126 e. The average Bonchev–Trinajstić information content (AvgIpc) is 2.54. The Labute approximate surface area is 143 Å². The van der Waals surface area contributed by atoms with E-state index in [0.717, 1.165) is 35.4 Å². The van der Waals surface area contributed by atoms with Gasteiger partial charge < -0.3 is 10.6 Å². The van der Waals surface area contributed by atoms with E-state index < -0.39 is 0 Å². The van der Waals surface area contributed by atoms with Crippen LogP contribution in [0.4, 0.5) is 5.69 Å². The maximum absolute atomic E-state index is 9.62. The minimum Gasteiger partial charge on any atom is -0.340 e. The molecule has 1 heterocycles. The van der Waals surface area contributed by atoms with Gasteiger partial charge in [0.1, 0.15) is 11.9 Å². The molecular weight excluding hydrogens is 306 g/mol. The molecule has 1 aromatic carbocycles. The molecule has 1 aromatic rings. The van der Waals surface area contributed by atoms with Crippen LogP contribution in [-0.4, -0.2) is 5.88 Å². The first-order valence-corrected chi connectivity index (χ1v) is 8.43. The van der Waals surface area contributed by atoms with Gasteiger partial charge in [-0.25, -0.2) is 0 Å². The fourth-order valence-corrected chi connectivity index (χ4v) is 2.86. The highest BCUT2D eigenvalue weighted by molar-refractivity contribution is 6.20. The van der Waals surface area contributed by atoms with Gasteiger partial charge in [-0.2, -0.15) is 5.26 Å². The number of alkyl halides is 1. The Morgan fingerprint density at radius 3 is 2.65 bits per heavy atom. The van der Waals surface area contributed by atoms with Gasteiger partial charge in [0.25, 0.3) is 0 Å². The van der Waals surface area contributed by atoms with E-state index >= 15 is 0 Å². The molecule has 0 atom stereocenters. The summed E-state index contributed by atoms with van der Waals surface area (Å²) in [6, 6.07) is 8.57. The van der Waals surface area contributed by atoms with Gasteiger partial charge in [-0.1, -0.05) is 38.1 Å². The van der Waals surface area contributed by atoms with E-state index in [1.54, 1.807) is 0 Å². The Balaban J connectivity index is 2.58. The van der Waals surface area contributed by atoms with Crippen molar-refractivity contribution in [1.82, 2.24) is 5.32 Å². The number of halogens is 1. The Hall–Kier alpha value is -2.18. The molecule has 0 aromatic heterocycles. The monoisotopic (exact) mass is 327 g/mol. The molecule has 0 saturated carbocycles. The zero-order valence-electron chi connectivity index (χ0n) is 13.8. The van der Waals surface area contributed by atoms with Gasteiger partial charge in [-0.05, 0) is 37.0 Å². The van der Waals surface area contributed by atoms with Crippen molar-refractivity contribution in [3.63, 3.8) is 0 Å². The number of nitriles is 1. The van der Waals surface area contributed by atoms with Crippen LogP contribution in [0.5, 0.6) is 0 Å². The molecule has 0 amide bonds. The molecule has 2 N–H and O–H groups in total. The van der Waals surface area contributed by atoms with Crippen LogP contribution < -0.4 is 10.6 Å². The second kappa shape index (κ2) is 7.89. The molecule has 0 fully saturated rings. The first-order valence-electron chi connectivity index (χ1n) is 7.89. The number of rotatable bonds is 4. The summed E-state index contributed by atoms with van der Waals surface area (Å²) in [7, 11) is 0. The number of anilines is 1. The number of hydrogen-bond acceptors (Lipinski definition) is 3. The van der Waals surface area contributed by atoms with Gasteiger partial charge in [0.15, 0.2) is 0 Å². The second-order valence-electron chi connectivity index (χ2n) is 5.46. The Bertz CT molecular complexity index is 721. The van der Waals surface area contributed by atoms with Crippen LogP contribution in [0.25, 0.3) is 5.70 Å². The molecule has 120 valence electrons. The molecule has 0 spiro atoms. The van der Waals surface area contributed by atoms with Gasteiger partial charge in [-0.15, -0.1) is 11.6 Å². The molecule has 0 saturated heterocycles. The third-order valence-corrected chi connectivity index (χ3v) is 3.96. The minimum absolute atomic E-state index is 0.317. The summed E-state index contributed by atoms with van der Waals surface area (Å²) in [5.41, 5.74) is 5.74. The summed E-state index contributed by atoms with van der Waals surface area (Å²) in [6.45, 7) is 6.19. The lowest BCUT2D eigenvalue weighted by atomic mass is 10.0. The van der Waals surface area contributed by atoms with Crippen molar-refractivity contribution in [3.05, 3.63) is 58.4 Å². The van der Waals surface area contributed by atoms with Crippen LogP contribution in [0, 0.1) is 18.3 Å². The number of allylic oxidation sites excluding steroid dienone is 4. The lowest BCUT2D eigenvalue weighted by molar-refractivity contribution is 1.02. The smallest absolute Gasteiger partial charge is 0.126 e. The van der Waals surface area contributed by atoms with E-state index in [4.69, 9.17) is 11.6 Å². The van der Waals surface area contributed by atoms with Crippen LogP contribution in [0.3, 0.4) is 0 Å². The largest absolute Gasteiger partial charge is 0.340 e. The summed E-state index contributed by atoms with van der Waals surface area (Å²) in [5, 5.41) is 16.3. The second-order valence-corrected chi connectivity index (χ2v) is 5.73. The first kappa shape index (κ1) is 17.2. The molecule has 3 nitrogen and oxygen atoms in total. The van der Waals surface area contributed by atoms with Gasteiger partial charge >= 0.3 is 0 Å². The molecule has 0 radical (unpaired) electrons. The van der Waals surface area contributed by atoms with Crippen LogP contribution >= 0.6 is 11.6 Å². The van der Waals surface area contributed by atoms with Crippen molar-refractivity contribution in [2.75, 3.05) is 11.2 Å². The molecule has 23 heavy (non-hydrogen) atoms. The topological polar surface area (TPSA) is 47.9 Å². The minimum atomic E-state index is 0.317. The number of nitrogens with one attached hydrogen (secondary N) is 2. The average molecular weight is 328 g/mol. The quantitative estimate of drug-likeness (QED) is 0.599. The van der Waals surface area contributed by atoms with Crippen molar-refractivity contribution in [1.29, 1.82) is 5.26 Å². The number of nitrogens with zero attached hydrogens (tertiary/aromatic N) is 1. The number of fused-ring (bicyclic) bond motifs is 1. The van der Waals surface area contributed by atoms with Gasteiger partial charge in [0.2, 0.25) is 0 Å². The standard InChI is InChI=1S/C19H22ClN3/c1-4-6-14(11-20)16(12-21)19-22-17(7-5-2)15-9-8-13(3)10-18(15)23-19/h6-10,22-23H,4-5,11H2,1-3H3/b14-6-,17-7+,19-16+. The zero-order chi connectivity index (χ0) is 16.8. The molecule has 0 unspecified atom stereocenters. The maximum atomic E-state index is 9.62. The molecule has 1 aliphatic heterocycles. The van der Waals surface area contributed by atoms with Gasteiger partial charge in [0, 0.05) is 22.8 Å². The van der Waals surface area contributed by atoms with Gasteiger partial charge in [-0.3, -0.25) is 0 Å². The zero-order valence-corrected chi connectivity index (χ0v) is 14.6. The van der Waals surface area contributed by atoms with Crippen LogP contribution in [-0.2, 0) is 0 Å². The van der Waals surface area contributed by atoms with Crippen LogP contribution in [0.1, 0.15) is 37.8 Å². The van der Waals surface area contributed by atoms with E-state index in [1.165, 1.54) is 5.56 Å². The molecule has 4 heteroatoms. The summed E-state index contributed by atoms with van der Waals surface area (Å²) in [4.78, 5) is 0. The lowest BCUT2D eigenvalue weighted by Crippen LogP contribution is -2.27. The van der Waals surface area contributed by atoms with Crippen molar-refractivity contribution >= 4 is 23.0 Å². The third kappa shape index (κ3) is 3.78. The molecule has 1 aliphatic rings. The molecule has 0 bridgehead atoms. The lowest BCUT2D eigenvalue weighted by Gasteiger charge is -2.27. The Morgan fingerprint density at radius 1 is 1.26 bits per heavy atom. The van der Waals surface area contributed by atoms with Crippen LogP contribution in [0.2, 0.25) is 0 Å². The first-order chi connectivity index (χ1) is 11.1. The summed E-state index contributed by atoms with van der Waals surface area (Å²) < 4.78 is 0. The Kier molecular flexibility index (Phi) is 5.90. The number of benzene rings is 1. The number of hydrogen-bond donors (Lipinski definition) is 2. The van der Waals surface area contributed by atoms with E-state index in [-0.39, 0.29) is 0 Å². The van der Waals surface area contributed by atoms with Crippen LogP contribution in [0.15, 0.2) is 47.3 Å². The summed E-state index contributed by atoms with van der Waals surface area (Å²) in [6.07, 6.45) is 5.89. The van der Waals surface area contributed by atoms with Crippen molar-refractivity contribution in [2.45, 2.75) is 33.6 Å². The van der Waals surface area contributed by atoms with Crippen molar-refractivity contribution < 1.29 is 0 Å². The molecular formula is C19H22ClN3. The normalized spacial score (nSPS) is 17.9. The molecule has 2 rings (SSSR count). The highest BCUT2D eigenvalue weighted by atomic mass is 35.5. The predicted octanol–water partition coefficient (Wildman–Crippen LogP) is 5.07. The fourth-order valence-electron chi connectivity index (χ4n) is 2.61. The van der Waals surface area contributed by atoms with E-state index in [1.807, 2.05) is 13.0 Å². The molecule has 0 aliphatic carbocycles. The van der Waals surface area contributed by atoms with E-state index in [2.05, 4.69) is 54.8 Å². The summed E-state index contributed by atoms with van der Waals surface area (Å²) in [5.74, 6) is 1.02. The Morgan fingerprint density at radius 2 is 2.04 bits per heavy atom. The summed E-state index contributed by atoms with van der Waals surface area (Å²) >= 11 is 6.04. The van der Waals surface area contributed by atoms with E-state index in [9.17, 15) is 5.26 Å². The fraction of sp³-hybridized carbons (Fsp3) is 0.316. The highest BCUT2D eigenvalue weighted by Crippen LogP contribution is 2.31. The van der Waals surface area contributed by atoms with E-state index in [0.29, 0.717) is 17.3 Å². The predicted molar refractivity (Wildman–Crippen MR) is 97.9 cm³/mol. The third-order valence-electron chi connectivity index (χ3n) is 3.67. The van der Waals surface area contributed by atoms with Gasteiger partial charge in [0.05, 0.1) is 5.57 Å². The number of aryl methyl sites for hydroxylation is 1. The SMILES string of the molecule is CC/C=C(CCl)\C(C#N)=C1/N/C(=C/CC)c2ccc(C)cc2N1. The highest BCUT2D eigenvalue weighted by Gasteiger charge is 2.20. The van der Waals surface area contributed by atoms with Crippen molar-refractivity contribution in [3.8, 4) is 6.07 Å². The van der Waals surface area contributed by atoms with Crippen molar-refractivity contribution in [2.24, 2.45) is 0 Å².